The van der Waals surface area contributed by atoms with E-state index in [9.17, 15) is 13.2 Å². The summed E-state index contributed by atoms with van der Waals surface area (Å²) in [6.45, 7) is 3.54. The number of carbonyl (C=O) groups is 1. The lowest BCUT2D eigenvalue weighted by Gasteiger charge is -2.19. The van der Waals surface area contributed by atoms with Gasteiger partial charge in [-0.05, 0) is 38.6 Å². The van der Waals surface area contributed by atoms with Crippen LogP contribution in [0.4, 0.5) is 0 Å². The summed E-state index contributed by atoms with van der Waals surface area (Å²) >= 11 is 0. The monoisotopic (exact) mass is 300 g/mol. The lowest BCUT2D eigenvalue weighted by atomic mass is 10.1. The van der Waals surface area contributed by atoms with E-state index in [4.69, 9.17) is 0 Å². The van der Waals surface area contributed by atoms with Gasteiger partial charge in [0.15, 0.2) is 0 Å². The molecule has 0 radical (unpaired) electrons. The molecule has 20 heavy (non-hydrogen) atoms. The molecule has 0 saturated heterocycles. The number of benzene rings is 1. The average molecular weight is 300 g/mol. The third kappa shape index (κ3) is 4.03. The second-order valence-corrected chi connectivity index (χ2v) is 6.30. The highest BCUT2D eigenvalue weighted by molar-refractivity contribution is 7.89. The molecule has 0 spiro atoms. The lowest BCUT2D eigenvalue weighted by molar-refractivity contribution is -0.142. The highest BCUT2D eigenvalue weighted by atomic mass is 32.2. The molecule has 0 aromatic heterocycles. The van der Waals surface area contributed by atoms with Gasteiger partial charge in [0.25, 0.3) is 0 Å². The van der Waals surface area contributed by atoms with E-state index in [-0.39, 0.29) is 16.9 Å². The standard InChI is InChI=1S/C13H20N2O4S/c1-9(15-10(2)13(16)19-4)11-6-5-7-12(8-11)20(17,18)14-3/h5-10,14-15H,1-4H3/t9-,10+/m0/s1. The molecule has 2 N–H and O–H groups in total. The van der Waals surface area contributed by atoms with Crippen molar-refractivity contribution >= 4 is 16.0 Å². The Bertz CT molecular complexity index is 571. The Morgan fingerprint density at radius 1 is 1.30 bits per heavy atom. The van der Waals surface area contributed by atoms with Gasteiger partial charge in [-0.3, -0.25) is 10.1 Å². The fraction of sp³-hybridized carbons (Fsp3) is 0.462. The van der Waals surface area contributed by atoms with Gasteiger partial charge in [0.2, 0.25) is 10.0 Å². The van der Waals surface area contributed by atoms with Gasteiger partial charge in [0.1, 0.15) is 6.04 Å². The number of rotatable bonds is 6. The third-order valence-electron chi connectivity index (χ3n) is 2.99. The summed E-state index contributed by atoms with van der Waals surface area (Å²) in [7, 11) is -0.784. The van der Waals surface area contributed by atoms with E-state index in [0.29, 0.717) is 0 Å². The number of esters is 1. The normalized spacial score (nSPS) is 14.6. The smallest absolute Gasteiger partial charge is 0.322 e. The van der Waals surface area contributed by atoms with Crippen LogP contribution in [0.15, 0.2) is 29.2 Å². The van der Waals surface area contributed by atoms with Crippen LogP contribution in [0.2, 0.25) is 0 Å². The van der Waals surface area contributed by atoms with Crippen molar-refractivity contribution in [2.75, 3.05) is 14.2 Å². The fourth-order valence-electron chi connectivity index (χ4n) is 1.78. The van der Waals surface area contributed by atoms with Gasteiger partial charge < -0.3 is 4.74 Å². The third-order valence-corrected chi connectivity index (χ3v) is 4.40. The fourth-order valence-corrected chi connectivity index (χ4v) is 2.57. The van der Waals surface area contributed by atoms with Gasteiger partial charge in [0.05, 0.1) is 12.0 Å². The molecular weight excluding hydrogens is 280 g/mol. The van der Waals surface area contributed by atoms with Crippen molar-refractivity contribution < 1.29 is 17.9 Å². The van der Waals surface area contributed by atoms with Crippen LogP contribution < -0.4 is 10.0 Å². The molecular formula is C13H20N2O4S. The van der Waals surface area contributed by atoms with E-state index in [1.807, 2.05) is 6.92 Å². The predicted molar refractivity (Wildman–Crippen MR) is 75.7 cm³/mol. The molecule has 1 rings (SSSR count). The summed E-state index contributed by atoms with van der Waals surface area (Å²) in [5, 5.41) is 3.05. The average Bonchev–Trinajstić information content (AvgIpc) is 2.46. The molecule has 0 aliphatic carbocycles. The molecule has 0 amide bonds. The molecule has 0 fully saturated rings. The molecule has 0 heterocycles. The quantitative estimate of drug-likeness (QED) is 0.759. The summed E-state index contributed by atoms with van der Waals surface area (Å²) < 4.78 is 30.4. The molecule has 7 heteroatoms. The van der Waals surface area contributed by atoms with Gasteiger partial charge >= 0.3 is 5.97 Å². The van der Waals surface area contributed by atoms with Gasteiger partial charge in [-0.1, -0.05) is 12.1 Å². The van der Waals surface area contributed by atoms with E-state index >= 15 is 0 Å². The van der Waals surface area contributed by atoms with Crippen LogP contribution in [-0.4, -0.2) is 34.6 Å². The number of hydrogen-bond acceptors (Lipinski definition) is 5. The zero-order valence-corrected chi connectivity index (χ0v) is 12.8. The SMILES string of the molecule is CNS(=O)(=O)c1cccc([C@H](C)N[C@H](C)C(=O)OC)c1. The van der Waals surface area contributed by atoms with Crippen molar-refractivity contribution in [3.63, 3.8) is 0 Å². The van der Waals surface area contributed by atoms with E-state index < -0.39 is 16.1 Å². The Hall–Kier alpha value is -1.44. The molecule has 0 aliphatic heterocycles. The maximum Gasteiger partial charge on any atom is 0.322 e. The minimum atomic E-state index is -3.47. The van der Waals surface area contributed by atoms with Crippen LogP contribution in [0.25, 0.3) is 0 Å². The summed E-state index contributed by atoms with van der Waals surface area (Å²) in [6, 6.07) is 5.91. The van der Waals surface area contributed by atoms with E-state index in [0.717, 1.165) is 5.56 Å². The first-order valence-corrected chi connectivity index (χ1v) is 7.67. The predicted octanol–water partition coefficient (Wildman–Crippen LogP) is 0.807. The maximum atomic E-state index is 11.7. The second kappa shape index (κ2) is 6.83. The molecule has 2 atom stereocenters. The summed E-state index contributed by atoms with van der Waals surface area (Å²) in [4.78, 5) is 11.6. The largest absolute Gasteiger partial charge is 0.468 e. The molecule has 0 aliphatic rings. The minimum Gasteiger partial charge on any atom is -0.468 e. The van der Waals surface area contributed by atoms with E-state index in [1.165, 1.54) is 20.2 Å². The van der Waals surface area contributed by atoms with Crippen molar-refractivity contribution in [1.82, 2.24) is 10.0 Å². The number of hydrogen-bond donors (Lipinski definition) is 2. The van der Waals surface area contributed by atoms with Crippen LogP contribution in [-0.2, 0) is 19.6 Å². The molecule has 0 bridgehead atoms. The first-order valence-electron chi connectivity index (χ1n) is 6.19. The van der Waals surface area contributed by atoms with Gasteiger partial charge in [-0.25, -0.2) is 13.1 Å². The Balaban J connectivity index is 2.92. The Morgan fingerprint density at radius 3 is 2.50 bits per heavy atom. The Morgan fingerprint density at radius 2 is 1.95 bits per heavy atom. The number of carbonyl (C=O) groups excluding carboxylic acids is 1. The van der Waals surface area contributed by atoms with Gasteiger partial charge in [-0.15, -0.1) is 0 Å². The highest BCUT2D eigenvalue weighted by Gasteiger charge is 2.18. The second-order valence-electron chi connectivity index (χ2n) is 4.41. The zero-order chi connectivity index (χ0) is 15.3. The molecule has 1 aromatic carbocycles. The van der Waals surface area contributed by atoms with Gasteiger partial charge in [0, 0.05) is 6.04 Å². The van der Waals surface area contributed by atoms with Crippen molar-refractivity contribution in [3.05, 3.63) is 29.8 Å². The lowest BCUT2D eigenvalue weighted by Crippen LogP contribution is -2.36. The van der Waals surface area contributed by atoms with Gasteiger partial charge in [-0.2, -0.15) is 0 Å². The number of methoxy groups -OCH3 is 1. The molecule has 1 aromatic rings. The first kappa shape index (κ1) is 16.6. The number of sulfonamides is 1. The minimum absolute atomic E-state index is 0.184. The molecule has 0 unspecified atom stereocenters. The Labute approximate surface area is 119 Å². The molecule has 6 nitrogen and oxygen atoms in total. The number of ether oxygens (including phenoxy) is 1. The van der Waals surface area contributed by atoms with Crippen molar-refractivity contribution in [2.45, 2.75) is 30.8 Å². The van der Waals surface area contributed by atoms with Crippen molar-refractivity contribution in [2.24, 2.45) is 0 Å². The van der Waals surface area contributed by atoms with Crippen LogP contribution in [0.5, 0.6) is 0 Å². The van der Waals surface area contributed by atoms with E-state index in [1.54, 1.807) is 25.1 Å². The van der Waals surface area contributed by atoms with Crippen LogP contribution in [0.1, 0.15) is 25.5 Å². The van der Waals surface area contributed by atoms with Crippen molar-refractivity contribution in [3.8, 4) is 0 Å². The number of nitrogens with one attached hydrogen (secondary N) is 2. The van der Waals surface area contributed by atoms with Crippen LogP contribution in [0.3, 0.4) is 0 Å². The molecule has 112 valence electrons. The van der Waals surface area contributed by atoms with Crippen LogP contribution >= 0.6 is 0 Å². The summed E-state index contributed by atoms with van der Waals surface area (Å²) in [5.74, 6) is -0.365. The highest BCUT2D eigenvalue weighted by Crippen LogP contribution is 2.17. The maximum absolute atomic E-state index is 11.7. The van der Waals surface area contributed by atoms with Crippen molar-refractivity contribution in [1.29, 1.82) is 0 Å². The Kier molecular flexibility index (Phi) is 5.67. The zero-order valence-electron chi connectivity index (χ0n) is 12.0. The van der Waals surface area contributed by atoms with E-state index in [2.05, 4.69) is 14.8 Å². The topological polar surface area (TPSA) is 84.5 Å². The first-order chi connectivity index (χ1) is 9.31. The summed E-state index contributed by atoms with van der Waals surface area (Å²) in [6.07, 6.45) is 0. The molecule has 0 saturated carbocycles. The van der Waals surface area contributed by atoms with Crippen LogP contribution in [0, 0.1) is 0 Å². The summed E-state index contributed by atoms with van der Waals surface area (Å²) in [5.41, 5.74) is 0.775.